The van der Waals surface area contributed by atoms with Crippen molar-refractivity contribution in [1.29, 1.82) is 0 Å². The lowest BCUT2D eigenvalue weighted by Crippen LogP contribution is -2.25. The average molecular weight is 349 g/mol. The molecule has 0 amide bonds. The van der Waals surface area contributed by atoms with Gasteiger partial charge in [0.05, 0.1) is 0 Å². The topological polar surface area (TPSA) is 33.5 Å². The van der Waals surface area contributed by atoms with Gasteiger partial charge in [0, 0.05) is 35.3 Å². The van der Waals surface area contributed by atoms with Gasteiger partial charge in [-0.25, -0.2) is 0 Å². The summed E-state index contributed by atoms with van der Waals surface area (Å²) in [5.74, 6) is 0.836. The number of carbonyl (C=O) groups is 1. The van der Waals surface area contributed by atoms with Crippen LogP contribution < -0.4 is 4.90 Å². The smallest absolute Gasteiger partial charge is 0.150 e. The third-order valence-electron chi connectivity index (χ3n) is 4.76. The van der Waals surface area contributed by atoms with E-state index in [1.165, 1.54) is 31.4 Å². The largest absolute Gasteiger partial charge is 0.456 e. The zero-order chi connectivity index (χ0) is 18.4. The summed E-state index contributed by atoms with van der Waals surface area (Å²) in [6.07, 6.45) is 5.72. The van der Waals surface area contributed by atoms with Crippen LogP contribution in [0, 0.1) is 0 Å². The van der Waals surface area contributed by atoms with E-state index in [1.54, 1.807) is 6.07 Å². The predicted octanol–water partition coefficient (Wildman–Crippen LogP) is 6.32. The minimum Gasteiger partial charge on any atom is -0.456 e. The summed E-state index contributed by atoms with van der Waals surface area (Å²) >= 11 is 0. The Kier molecular flexibility index (Phi) is 6.11. The van der Waals surface area contributed by atoms with Crippen molar-refractivity contribution in [2.75, 3.05) is 18.0 Å². The maximum absolute atomic E-state index is 10.9. The van der Waals surface area contributed by atoms with E-state index in [9.17, 15) is 4.79 Å². The van der Waals surface area contributed by atoms with Gasteiger partial charge in [-0.1, -0.05) is 26.7 Å². The summed E-state index contributed by atoms with van der Waals surface area (Å²) in [6.45, 7) is 6.68. The van der Waals surface area contributed by atoms with Crippen molar-refractivity contribution >= 4 is 22.9 Å². The van der Waals surface area contributed by atoms with Gasteiger partial charge in [0.15, 0.2) is 0 Å². The lowest BCUT2D eigenvalue weighted by atomic mass is 10.1. The molecule has 0 N–H and O–H groups in total. The van der Waals surface area contributed by atoms with Crippen molar-refractivity contribution < 1.29 is 9.21 Å². The Morgan fingerprint density at radius 3 is 2.23 bits per heavy atom. The summed E-state index contributed by atoms with van der Waals surface area (Å²) < 4.78 is 5.95. The molecule has 136 valence electrons. The third-order valence-corrected chi connectivity index (χ3v) is 4.76. The van der Waals surface area contributed by atoms with Crippen LogP contribution in [0.4, 0.5) is 5.69 Å². The van der Waals surface area contributed by atoms with Crippen molar-refractivity contribution in [1.82, 2.24) is 0 Å². The van der Waals surface area contributed by atoms with Crippen LogP contribution in [0.3, 0.4) is 0 Å². The minimum absolute atomic E-state index is 0.669. The van der Waals surface area contributed by atoms with Gasteiger partial charge >= 0.3 is 0 Å². The summed E-state index contributed by atoms with van der Waals surface area (Å²) in [6, 6.07) is 16.1. The molecule has 3 rings (SSSR count). The molecule has 1 aromatic heterocycles. The molecule has 0 radical (unpaired) electrons. The number of benzene rings is 2. The molecule has 3 heteroatoms. The number of rotatable bonds is 9. The molecule has 3 aromatic rings. The fourth-order valence-corrected chi connectivity index (χ4v) is 3.18. The molecule has 26 heavy (non-hydrogen) atoms. The van der Waals surface area contributed by atoms with Crippen LogP contribution in [0.1, 0.15) is 49.9 Å². The Labute approximate surface area is 155 Å². The molecule has 0 aliphatic carbocycles. The van der Waals surface area contributed by atoms with Gasteiger partial charge in [-0.05, 0) is 61.4 Å². The summed E-state index contributed by atoms with van der Waals surface area (Å²) in [5, 5.41) is 0.959. The van der Waals surface area contributed by atoms with Gasteiger partial charge in [-0.3, -0.25) is 4.79 Å². The van der Waals surface area contributed by atoms with E-state index in [2.05, 4.69) is 43.0 Å². The van der Waals surface area contributed by atoms with Gasteiger partial charge in [-0.15, -0.1) is 0 Å². The zero-order valence-corrected chi connectivity index (χ0v) is 15.7. The molecule has 0 saturated carbocycles. The van der Waals surface area contributed by atoms with E-state index >= 15 is 0 Å². The number of carbonyl (C=O) groups excluding carboxylic acids is 1. The van der Waals surface area contributed by atoms with Crippen LogP contribution in [-0.4, -0.2) is 19.4 Å². The van der Waals surface area contributed by atoms with Crippen LogP contribution in [0.2, 0.25) is 0 Å². The zero-order valence-electron chi connectivity index (χ0n) is 15.7. The van der Waals surface area contributed by atoms with Crippen molar-refractivity contribution in [3.8, 4) is 11.3 Å². The average Bonchev–Trinajstić information content (AvgIpc) is 3.11. The molecular formula is C23H27NO2. The van der Waals surface area contributed by atoms with Crippen LogP contribution in [0.5, 0.6) is 0 Å². The molecule has 0 fully saturated rings. The van der Waals surface area contributed by atoms with E-state index in [1.807, 2.05) is 18.2 Å². The standard InChI is InChI=1S/C23H27NO2/c1-3-5-13-24(14-6-4-2)21-10-8-19(9-11-21)23-16-20-15-18(17-25)7-12-22(20)26-23/h7-12,15-17H,3-6,13-14H2,1-2H3. The normalized spacial score (nSPS) is 11.0. The van der Waals surface area contributed by atoms with Crippen LogP contribution >= 0.6 is 0 Å². The first-order valence-electron chi connectivity index (χ1n) is 9.59. The molecule has 0 saturated heterocycles. The highest BCUT2D eigenvalue weighted by Crippen LogP contribution is 2.30. The SMILES string of the molecule is CCCCN(CCCC)c1ccc(-c2cc3cc(C=O)ccc3o2)cc1. The van der Waals surface area contributed by atoms with E-state index < -0.39 is 0 Å². The number of unbranched alkanes of at least 4 members (excludes halogenated alkanes) is 2. The second-order valence-corrected chi connectivity index (χ2v) is 6.77. The highest BCUT2D eigenvalue weighted by atomic mass is 16.3. The summed E-state index contributed by atoms with van der Waals surface area (Å²) in [7, 11) is 0. The Balaban J connectivity index is 1.82. The first kappa shape index (κ1) is 18.2. The quantitative estimate of drug-likeness (QED) is 0.424. The van der Waals surface area contributed by atoms with Crippen molar-refractivity contribution in [2.24, 2.45) is 0 Å². The Morgan fingerprint density at radius 2 is 1.62 bits per heavy atom. The van der Waals surface area contributed by atoms with Crippen LogP contribution in [0.15, 0.2) is 52.9 Å². The second-order valence-electron chi connectivity index (χ2n) is 6.77. The van der Waals surface area contributed by atoms with Gasteiger partial charge < -0.3 is 9.32 Å². The second kappa shape index (κ2) is 8.70. The third kappa shape index (κ3) is 4.16. The van der Waals surface area contributed by atoms with Crippen LogP contribution in [-0.2, 0) is 0 Å². The molecule has 2 aromatic carbocycles. The highest BCUT2D eigenvalue weighted by Gasteiger charge is 2.09. The van der Waals surface area contributed by atoms with Gasteiger partial charge in [0.25, 0.3) is 0 Å². The van der Waals surface area contributed by atoms with E-state index in [-0.39, 0.29) is 0 Å². The number of hydrogen-bond acceptors (Lipinski definition) is 3. The highest BCUT2D eigenvalue weighted by molar-refractivity contribution is 5.88. The lowest BCUT2D eigenvalue weighted by Gasteiger charge is -2.24. The number of anilines is 1. The number of fused-ring (bicyclic) bond motifs is 1. The van der Waals surface area contributed by atoms with E-state index in [0.717, 1.165) is 41.7 Å². The molecule has 1 heterocycles. The summed E-state index contributed by atoms with van der Waals surface area (Å²) in [4.78, 5) is 13.4. The molecule has 0 aliphatic rings. The van der Waals surface area contributed by atoms with Crippen molar-refractivity contribution in [2.45, 2.75) is 39.5 Å². The van der Waals surface area contributed by atoms with Crippen LogP contribution in [0.25, 0.3) is 22.3 Å². The Morgan fingerprint density at radius 1 is 0.923 bits per heavy atom. The number of aldehydes is 1. The van der Waals surface area contributed by atoms with Gasteiger partial charge in [0.2, 0.25) is 0 Å². The molecule has 3 nitrogen and oxygen atoms in total. The molecular weight excluding hydrogens is 322 g/mol. The van der Waals surface area contributed by atoms with Gasteiger partial charge in [-0.2, -0.15) is 0 Å². The molecule has 0 spiro atoms. The maximum Gasteiger partial charge on any atom is 0.150 e. The van der Waals surface area contributed by atoms with E-state index in [0.29, 0.717) is 5.56 Å². The Bertz CT molecular complexity index is 840. The molecule has 0 aliphatic heterocycles. The minimum atomic E-state index is 0.669. The summed E-state index contributed by atoms with van der Waals surface area (Å²) in [5.41, 5.74) is 3.81. The molecule has 0 unspecified atom stereocenters. The fourth-order valence-electron chi connectivity index (χ4n) is 3.18. The molecule has 0 atom stereocenters. The maximum atomic E-state index is 10.9. The van der Waals surface area contributed by atoms with E-state index in [4.69, 9.17) is 4.42 Å². The number of furan rings is 1. The fraction of sp³-hybridized carbons (Fsp3) is 0.348. The predicted molar refractivity (Wildman–Crippen MR) is 109 cm³/mol. The van der Waals surface area contributed by atoms with Crippen molar-refractivity contribution in [3.63, 3.8) is 0 Å². The number of hydrogen-bond donors (Lipinski definition) is 0. The Hall–Kier alpha value is -2.55. The first-order valence-corrected chi connectivity index (χ1v) is 9.59. The monoisotopic (exact) mass is 349 g/mol. The lowest BCUT2D eigenvalue weighted by molar-refractivity contribution is 0.112. The van der Waals surface area contributed by atoms with Crippen molar-refractivity contribution in [3.05, 3.63) is 54.1 Å². The van der Waals surface area contributed by atoms with Gasteiger partial charge in [0.1, 0.15) is 17.6 Å². The molecule has 0 bridgehead atoms. The number of nitrogens with zero attached hydrogens (tertiary/aromatic N) is 1. The first-order chi connectivity index (χ1) is 12.7.